The number of methoxy groups -OCH3 is 1. The molecule has 0 unspecified atom stereocenters. The Morgan fingerprint density at radius 1 is 1.50 bits per heavy atom. The molecule has 0 aliphatic carbocycles. The molecule has 0 aromatic heterocycles. The first-order valence-corrected chi connectivity index (χ1v) is 3.96. The third-order valence-electron chi connectivity index (χ3n) is 1.60. The molecule has 0 aliphatic rings. The first-order chi connectivity index (χ1) is 6.81. The van der Waals surface area contributed by atoms with E-state index in [1.54, 1.807) is 18.2 Å². The molecule has 4 nitrogen and oxygen atoms in total. The average Bonchev–Trinajstić information content (AvgIpc) is 2.26. The molecule has 0 amide bonds. The molecule has 0 saturated carbocycles. The number of hydrogen-bond acceptors (Lipinski definition) is 4. The summed E-state index contributed by atoms with van der Waals surface area (Å²) in [5.74, 6) is 0.907. The first kappa shape index (κ1) is 10.1. The Morgan fingerprint density at radius 3 is 2.86 bits per heavy atom. The van der Waals surface area contributed by atoms with Crippen LogP contribution in [0.4, 0.5) is 0 Å². The molecule has 72 valence electrons. The topological polar surface area (TPSA) is 59.3 Å². The molecule has 1 aromatic carbocycles. The van der Waals surface area contributed by atoms with Gasteiger partial charge < -0.3 is 9.47 Å². The van der Waals surface area contributed by atoms with Crippen LogP contribution in [-0.2, 0) is 4.79 Å². The van der Waals surface area contributed by atoms with Gasteiger partial charge >= 0.3 is 0 Å². The van der Waals surface area contributed by atoms with Crippen LogP contribution in [0.2, 0.25) is 0 Å². The number of aldehydes is 1. The van der Waals surface area contributed by atoms with E-state index in [2.05, 4.69) is 0 Å². The molecule has 0 radical (unpaired) electrons. The van der Waals surface area contributed by atoms with Crippen molar-refractivity contribution in [1.82, 2.24) is 0 Å². The van der Waals surface area contributed by atoms with Crippen LogP contribution in [0.15, 0.2) is 18.2 Å². The zero-order valence-electron chi connectivity index (χ0n) is 7.69. The minimum Gasteiger partial charge on any atom is -0.493 e. The van der Waals surface area contributed by atoms with E-state index in [0.29, 0.717) is 23.3 Å². The van der Waals surface area contributed by atoms with E-state index in [1.165, 1.54) is 7.11 Å². The molecule has 0 aliphatic heterocycles. The lowest BCUT2D eigenvalue weighted by Gasteiger charge is -2.07. The zero-order valence-corrected chi connectivity index (χ0v) is 7.69. The summed E-state index contributed by atoms with van der Waals surface area (Å²) in [6.07, 6.45) is 0.650. The van der Waals surface area contributed by atoms with Gasteiger partial charge in [0, 0.05) is 6.07 Å². The smallest absolute Gasteiger partial charge is 0.162 e. The molecule has 14 heavy (non-hydrogen) atoms. The Labute approximate surface area is 81.7 Å². The predicted octanol–water partition coefficient (Wildman–Crippen LogP) is 1.14. The van der Waals surface area contributed by atoms with Gasteiger partial charge in [-0.15, -0.1) is 0 Å². The standard InChI is InChI=1S/C10H9NO3/c1-13-10-6-8(7-11)2-3-9(10)14-5-4-12/h2-4,6H,5H2,1H3. The highest BCUT2D eigenvalue weighted by Gasteiger charge is 2.04. The number of ether oxygens (including phenoxy) is 2. The molecule has 1 rings (SSSR count). The van der Waals surface area contributed by atoms with E-state index in [9.17, 15) is 4.79 Å². The maximum atomic E-state index is 10.1. The van der Waals surface area contributed by atoms with Gasteiger partial charge in [-0.2, -0.15) is 5.26 Å². The van der Waals surface area contributed by atoms with Gasteiger partial charge in [-0.25, -0.2) is 0 Å². The van der Waals surface area contributed by atoms with Crippen molar-refractivity contribution in [2.45, 2.75) is 0 Å². The second-order valence-corrected chi connectivity index (χ2v) is 2.46. The first-order valence-electron chi connectivity index (χ1n) is 3.96. The van der Waals surface area contributed by atoms with Crippen LogP contribution in [0.3, 0.4) is 0 Å². The quantitative estimate of drug-likeness (QED) is 0.669. The minimum atomic E-state index is -0.0255. The average molecular weight is 191 g/mol. The van der Waals surface area contributed by atoms with Gasteiger partial charge in [-0.3, -0.25) is 4.79 Å². The number of nitriles is 1. The van der Waals surface area contributed by atoms with Crippen molar-refractivity contribution in [1.29, 1.82) is 5.26 Å². The molecule has 0 saturated heterocycles. The molecule has 0 spiro atoms. The Hall–Kier alpha value is -2.02. The molecule has 0 atom stereocenters. The highest BCUT2D eigenvalue weighted by molar-refractivity contribution is 5.53. The summed E-state index contributed by atoms with van der Waals surface area (Å²) < 4.78 is 10.1. The normalized spacial score (nSPS) is 8.86. The monoisotopic (exact) mass is 191 g/mol. The fourth-order valence-electron chi connectivity index (χ4n) is 0.980. The van der Waals surface area contributed by atoms with Crippen LogP contribution in [-0.4, -0.2) is 20.0 Å². The SMILES string of the molecule is COc1cc(C#N)ccc1OCC=O. The lowest BCUT2D eigenvalue weighted by atomic mass is 10.2. The van der Waals surface area contributed by atoms with Gasteiger partial charge in [-0.05, 0) is 12.1 Å². The van der Waals surface area contributed by atoms with Gasteiger partial charge in [0.2, 0.25) is 0 Å². The molecule has 0 bridgehead atoms. The zero-order chi connectivity index (χ0) is 10.4. The van der Waals surface area contributed by atoms with Crippen LogP contribution in [0.25, 0.3) is 0 Å². The van der Waals surface area contributed by atoms with Crippen molar-refractivity contribution >= 4 is 6.29 Å². The van der Waals surface area contributed by atoms with Gasteiger partial charge in [0.15, 0.2) is 17.8 Å². The van der Waals surface area contributed by atoms with Crippen LogP contribution >= 0.6 is 0 Å². The van der Waals surface area contributed by atoms with Crippen molar-refractivity contribution in [2.75, 3.05) is 13.7 Å². The van der Waals surface area contributed by atoms with Gasteiger partial charge in [0.05, 0.1) is 18.7 Å². The maximum absolute atomic E-state index is 10.1. The summed E-state index contributed by atoms with van der Waals surface area (Å²) in [6, 6.07) is 6.73. The fourth-order valence-corrected chi connectivity index (χ4v) is 0.980. The fraction of sp³-hybridized carbons (Fsp3) is 0.200. The highest BCUT2D eigenvalue weighted by atomic mass is 16.5. The van der Waals surface area contributed by atoms with Crippen molar-refractivity contribution in [3.05, 3.63) is 23.8 Å². The minimum absolute atomic E-state index is 0.0255. The van der Waals surface area contributed by atoms with Crippen molar-refractivity contribution in [3.8, 4) is 17.6 Å². The number of benzene rings is 1. The second kappa shape index (κ2) is 4.87. The Morgan fingerprint density at radius 2 is 2.29 bits per heavy atom. The van der Waals surface area contributed by atoms with Crippen molar-refractivity contribution in [3.63, 3.8) is 0 Å². The highest BCUT2D eigenvalue weighted by Crippen LogP contribution is 2.27. The summed E-state index contributed by atoms with van der Waals surface area (Å²) in [5.41, 5.74) is 0.486. The van der Waals surface area contributed by atoms with E-state index in [1.807, 2.05) is 6.07 Å². The van der Waals surface area contributed by atoms with Crippen LogP contribution in [0, 0.1) is 11.3 Å². The number of hydrogen-bond donors (Lipinski definition) is 0. The van der Waals surface area contributed by atoms with Crippen molar-refractivity contribution < 1.29 is 14.3 Å². The molecule has 0 heterocycles. The van der Waals surface area contributed by atoms with E-state index in [4.69, 9.17) is 14.7 Å². The summed E-state index contributed by atoms with van der Waals surface area (Å²) in [5, 5.41) is 8.62. The third-order valence-corrected chi connectivity index (χ3v) is 1.60. The van der Waals surface area contributed by atoms with E-state index >= 15 is 0 Å². The van der Waals surface area contributed by atoms with E-state index in [0.717, 1.165) is 0 Å². The molecule has 0 N–H and O–H groups in total. The number of carbonyl (C=O) groups excluding carboxylic acids is 1. The van der Waals surface area contributed by atoms with Gasteiger partial charge in [0.25, 0.3) is 0 Å². The number of carbonyl (C=O) groups is 1. The molecule has 0 fully saturated rings. The van der Waals surface area contributed by atoms with E-state index in [-0.39, 0.29) is 6.61 Å². The summed E-state index contributed by atoms with van der Waals surface area (Å²) in [7, 11) is 1.48. The second-order valence-electron chi connectivity index (χ2n) is 2.46. The summed E-state index contributed by atoms with van der Waals surface area (Å²) >= 11 is 0. The summed E-state index contributed by atoms with van der Waals surface area (Å²) in [4.78, 5) is 10.1. The Bertz CT molecular complexity index is 368. The molecule has 1 aromatic rings. The molecular formula is C10H9NO3. The van der Waals surface area contributed by atoms with E-state index < -0.39 is 0 Å². The Balaban J connectivity index is 2.94. The lowest BCUT2D eigenvalue weighted by molar-refractivity contribution is -0.109. The van der Waals surface area contributed by atoms with Gasteiger partial charge in [-0.1, -0.05) is 0 Å². The number of rotatable bonds is 4. The maximum Gasteiger partial charge on any atom is 0.162 e. The number of nitrogens with zero attached hydrogens (tertiary/aromatic N) is 1. The third kappa shape index (κ3) is 2.23. The predicted molar refractivity (Wildman–Crippen MR) is 49.3 cm³/mol. The largest absolute Gasteiger partial charge is 0.493 e. The van der Waals surface area contributed by atoms with Crippen LogP contribution in [0.1, 0.15) is 5.56 Å². The van der Waals surface area contributed by atoms with Crippen LogP contribution < -0.4 is 9.47 Å². The Kier molecular flexibility index (Phi) is 3.50. The summed E-state index contributed by atoms with van der Waals surface area (Å²) in [6.45, 7) is -0.0255. The van der Waals surface area contributed by atoms with Crippen LogP contribution in [0.5, 0.6) is 11.5 Å². The molecular weight excluding hydrogens is 182 g/mol. The lowest BCUT2D eigenvalue weighted by Crippen LogP contribution is -1.99. The van der Waals surface area contributed by atoms with Gasteiger partial charge in [0.1, 0.15) is 6.61 Å². The van der Waals surface area contributed by atoms with Crippen molar-refractivity contribution in [2.24, 2.45) is 0 Å². The molecule has 4 heteroatoms.